The third-order valence-electron chi connectivity index (χ3n) is 2.27. The van der Waals surface area contributed by atoms with E-state index in [2.05, 4.69) is 30.4 Å². The SMILES string of the molecule is COC(=O)c1sccc1S(=O)(=O)Nc1ccc(Br)nc1. The van der Waals surface area contributed by atoms with Crippen LogP contribution in [-0.2, 0) is 14.8 Å². The molecule has 0 spiro atoms. The van der Waals surface area contributed by atoms with Crippen molar-refractivity contribution in [3.8, 4) is 0 Å². The van der Waals surface area contributed by atoms with Crippen molar-refractivity contribution in [2.45, 2.75) is 4.90 Å². The number of nitrogens with zero attached hydrogens (tertiary/aromatic N) is 1. The topological polar surface area (TPSA) is 85.4 Å². The molecule has 0 amide bonds. The summed E-state index contributed by atoms with van der Waals surface area (Å²) < 4.78 is 32.0. The third kappa shape index (κ3) is 3.17. The van der Waals surface area contributed by atoms with Crippen molar-refractivity contribution in [3.05, 3.63) is 39.3 Å². The van der Waals surface area contributed by atoms with Crippen LogP contribution in [0.5, 0.6) is 0 Å². The van der Waals surface area contributed by atoms with E-state index in [0.29, 0.717) is 10.3 Å². The van der Waals surface area contributed by atoms with E-state index in [9.17, 15) is 13.2 Å². The molecule has 0 aliphatic heterocycles. The van der Waals surface area contributed by atoms with Gasteiger partial charge in [0.25, 0.3) is 10.0 Å². The molecule has 2 aromatic heterocycles. The molecule has 0 aromatic carbocycles. The normalized spacial score (nSPS) is 11.1. The number of carbonyl (C=O) groups excluding carboxylic acids is 1. The average Bonchev–Trinajstić information content (AvgIpc) is 2.90. The summed E-state index contributed by atoms with van der Waals surface area (Å²) in [5.41, 5.74) is 0.301. The molecule has 2 aromatic rings. The number of anilines is 1. The lowest BCUT2D eigenvalue weighted by atomic mass is 10.4. The van der Waals surface area contributed by atoms with Crippen LogP contribution in [0.1, 0.15) is 9.67 Å². The summed E-state index contributed by atoms with van der Waals surface area (Å²) in [6, 6.07) is 4.51. The molecule has 2 rings (SSSR count). The second-order valence-corrected chi connectivity index (χ2v) is 6.96. The summed E-state index contributed by atoms with van der Waals surface area (Å²) in [6.07, 6.45) is 1.37. The lowest BCUT2D eigenvalue weighted by Crippen LogP contribution is -2.15. The Morgan fingerprint density at radius 1 is 1.40 bits per heavy atom. The van der Waals surface area contributed by atoms with Gasteiger partial charge in [0.05, 0.1) is 19.0 Å². The van der Waals surface area contributed by atoms with Crippen LogP contribution in [0.2, 0.25) is 0 Å². The molecule has 0 bridgehead atoms. The Labute approximate surface area is 128 Å². The van der Waals surface area contributed by atoms with E-state index >= 15 is 0 Å². The third-order valence-corrected chi connectivity index (χ3v) is 5.19. The first kappa shape index (κ1) is 14.9. The highest BCUT2D eigenvalue weighted by molar-refractivity contribution is 9.10. The molecule has 106 valence electrons. The van der Waals surface area contributed by atoms with E-state index in [-0.39, 0.29) is 9.77 Å². The Balaban J connectivity index is 2.34. The lowest BCUT2D eigenvalue weighted by molar-refractivity contribution is 0.0602. The van der Waals surface area contributed by atoms with E-state index < -0.39 is 16.0 Å². The number of halogens is 1. The molecule has 0 radical (unpaired) electrons. The van der Waals surface area contributed by atoms with E-state index in [4.69, 9.17) is 0 Å². The molecule has 1 N–H and O–H groups in total. The average molecular weight is 377 g/mol. The fourth-order valence-electron chi connectivity index (χ4n) is 1.40. The number of sulfonamides is 1. The number of hydrogen-bond acceptors (Lipinski definition) is 6. The van der Waals surface area contributed by atoms with Gasteiger partial charge in [0.15, 0.2) is 0 Å². The van der Waals surface area contributed by atoms with E-state index in [0.717, 1.165) is 11.3 Å². The van der Waals surface area contributed by atoms with Crippen molar-refractivity contribution in [3.63, 3.8) is 0 Å². The quantitative estimate of drug-likeness (QED) is 0.654. The standard InChI is InChI=1S/C11H9BrN2O4S2/c1-18-11(15)10-8(4-5-19-10)20(16,17)14-7-2-3-9(12)13-6-7/h2-6,14H,1H3. The predicted molar refractivity (Wildman–Crippen MR) is 78.4 cm³/mol. The predicted octanol–water partition coefficient (Wildman–Crippen LogP) is 2.49. The first-order chi connectivity index (χ1) is 9.44. The summed E-state index contributed by atoms with van der Waals surface area (Å²) in [7, 11) is -2.67. The Kier molecular flexibility index (Phi) is 4.41. The molecule has 20 heavy (non-hydrogen) atoms. The fraction of sp³-hybridized carbons (Fsp3) is 0.0909. The summed E-state index contributed by atoms with van der Waals surface area (Å²) in [5, 5.41) is 1.51. The van der Waals surface area contributed by atoms with Crippen LogP contribution in [0.3, 0.4) is 0 Å². The number of methoxy groups -OCH3 is 1. The van der Waals surface area contributed by atoms with Gasteiger partial charge in [-0.2, -0.15) is 0 Å². The molecule has 0 aliphatic rings. The minimum atomic E-state index is -3.86. The first-order valence-electron chi connectivity index (χ1n) is 5.24. The maximum atomic E-state index is 12.2. The van der Waals surface area contributed by atoms with Gasteiger partial charge in [-0.15, -0.1) is 11.3 Å². The number of esters is 1. The molecule has 0 aliphatic carbocycles. The van der Waals surface area contributed by atoms with Crippen molar-refractivity contribution in [1.82, 2.24) is 4.98 Å². The highest BCUT2D eigenvalue weighted by Gasteiger charge is 2.24. The first-order valence-corrected chi connectivity index (χ1v) is 8.40. The smallest absolute Gasteiger partial charge is 0.349 e. The lowest BCUT2D eigenvalue weighted by Gasteiger charge is -2.07. The summed E-state index contributed by atoms with van der Waals surface area (Å²) in [5.74, 6) is -0.686. The number of rotatable bonds is 4. The Hall–Kier alpha value is -1.45. The largest absolute Gasteiger partial charge is 0.465 e. The van der Waals surface area contributed by atoms with E-state index in [1.807, 2.05) is 0 Å². The van der Waals surface area contributed by atoms with Gasteiger partial charge >= 0.3 is 5.97 Å². The number of nitrogens with one attached hydrogen (secondary N) is 1. The number of aromatic nitrogens is 1. The molecule has 0 saturated heterocycles. The van der Waals surface area contributed by atoms with Crippen LogP contribution in [0.4, 0.5) is 5.69 Å². The minimum absolute atomic E-state index is 0.0325. The second-order valence-electron chi connectivity index (χ2n) is 3.58. The number of hydrogen-bond donors (Lipinski definition) is 1. The van der Waals surface area contributed by atoms with Gasteiger partial charge in [-0.25, -0.2) is 18.2 Å². The molecule has 0 fully saturated rings. The highest BCUT2D eigenvalue weighted by Crippen LogP contribution is 2.25. The molecule has 0 atom stereocenters. The summed E-state index contributed by atoms with van der Waals surface area (Å²) >= 11 is 4.16. The van der Waals surface area contributed by atoms with Crippen LogP contribution >= 0.6 is 27.3 Å². The zero-order chi connectivity index (χ0) is 14.8. The number of ether oxygens (including phenoxy) is 1. The fourth-order valence-corrected chi connectivity index (χ4v) is 4.01. The maximum absolute atomic E-state index is 12.2. The van der Waals surface area contributed by atoms with E-state index in [1.54, 1.807) is 12.1 Å². The van der Waals surface area contributed by atoms with Crippen molar-refractivity contribution in [1.29, 1.82) is 0 Å². The van der Waals surface area contributed by atoms with Gasteiger partial charge in [0.1, 0.15) is 14.4 Å². The van der Waals surface area contributed by atoms with Gasteiger partial charge in [0, 0.05) is 0 Å². The van der Waals surface area contributed by atoms with Crippen LogP contribution in [0, 0.1) is 0 Å². The summed E-state index contributed by atoms with van der Waals surface area (Å²) in [4.78, 5) is 15.4. The van der Waals surface area contributed by atoms with Crippen molar-refractivity contribution in [2.24, 2.45) is 0 Å². The molecular weight excluding hydrogens is 368 g/mol. The number of pyridine rings is 1. The van der Waals surface area contributed by atoms with Crippen LogP contribution < -0.4 is 4.72 Å². The monoisotopic (exact) mass is 376 g/mol. The van der Waals surface area contributed by atoms with Gasteiger partial charge in [-0.05, 0) is 39.5 Å². The molecule has 0 saturated carbocycles. The van der Waals surface area contributed by atoms with Crippen molar-refractivity contribution in [2.75, 3.05) is 11.8 Å². The molecule has 0 unspecified atom stereocenters. The Morgan fingerprint density at radius 3 is 2.75 bits per heavy atom. The van der Waals surface area contributed by atoms with Gasteiger partial charge in [0.2, 0.25) is 0 Å². The molecule has 9 heteroatoms. The zero-order valence-corrected chi connectivity index (χ0v) is 13.4. The van der Waals surface area contributed by atoms with Crippen LogP contribution in [0.15, 0.2) is 39.3 Å². The second kappa shape index (κ2) is 5.90. The molecule has 6 nitrogen and oxygen atoms in total. The zero-order valence-electron chi connectivity index (χ0n) is 10.2. The van der Waals surface area contributed by atoms with Crippen LogP contribution in [-0.4, -0.2) is 26.5 Å². The van der Waals surface area contributed by atoms with E-state index in [1.165, 1.54) is 24.8 Å². The number of thiophene rings is 1. The highest BCUT2D eigenvalue weighted by atomic mass is 79.9. The van der Waals surface area contributed by atoms with Gasteiger partial charge in [-0.3, -0.25) is 4.72 Å². The van der Waals surface area contributed by atoms with Gasteiger partial charge in [-0.1, -0.05) is 0 Å². The minimum Gasteiger partial charge on any atom is -0.465 e. The Bertz CT molecular complexity index is 725. The van der Waals surface area contributed by atoms with Crippen molar-refractivity contribution < 1.29 is 17.9 Å². The van der Waals surface area contributed by atoms with Crippen molar-refractivity contribution >= 4 is 48.9 Å². The number of carbonyl (C=O) groups is 1. The van der Waals surface area contributed by atoms with Gasteiger partial charge < -0.3 is 4.74 Å². The molecular formula is C11H9BrN2O4S2. The maximum Gasteiger partial charge on any atom is 0.349 e. The molecule has 2 heterocycles. The Morgan fingerprint density at radius 2 is 2.15 bits per heavy atom. The van der Waals surface area contributed by atoms with Crippen LogP contribution in [0.25, 0.3) is 0 Å². The summed E-state index contributed by atoms with van der Waals surface area (Å²) in [6.45, 7) is 0.